The molecule has 3 heterocycles. The summed E-state index contributed by atoms with van der Waals surface area (Å²) in [6.07, 6.45) is -2.20. The molecule has 6 nitrogen and oxygen atoms in total. The number of halogens is 3. The zero-order valence-electron chi connectivity index (χ0n) is 15.8. The number of rotatable bonds is 5. The number of sulfonamides is 1. The highest BCUT2D eigenvalue weighted by molar-refractivity contribution is 7.89. The summed E-state index contributed by atoms with van der Waals surface area (Å²) < 4.78 is 67.0. The molecule has 0 aromatic carbocycles. The normalized spacial score (nSPS) is 17.5. The predicted octanol–water partition coefficient (Wildman–Crippen LogP) is 3.57. The first-order valence-corrected chi connectivity index (χ1v) is 10.7. The molecule has 0 atom stereocenters. The Bertz CT molecular complexity index is 975. The molecule has 0 unspecified atom stereocenters. The van der Waals surface area contributed by atoms with Crippen molar-refractivity contribution in [3.63, 3.8) is 0 Å². The smallest absolute Gasteiger partial charge is 0.233 e. The fraction of sp³-hybridized carbons (Fsp3) is 0.556. The van der Waals surface area contributed by atoms with Crippen molar-refractivity contribution in [3.05, 3.63) is 41.9 Å². The van der Waals surface area contributed by atoms with Gasteiger partial charge >= 0.3 is 6.18 Å². The monoisotopic (exact) mass is 416 g/mol. The van der Waals surface area contributed by atoms with Crippen LogP contribution in [0.1, 0.15) is 55.6 Å². The number of fused-ring (bicyclic) bond motifs is 1. The Hall–Kier alpha value is -1.94. The second kappa shape index (κ2) is 7.47. The van der Waals surface area contributed by atoms with Crippen LogP contribution in [-0.4, -0.2) is 46.2 Å². The van der Waals surface area contributed by atoms with Gasteiger partial charge in [0.2, 0.25) is 10.0 Å². The average Bonchev–Trinajstić information content (AvgIpc) is 3.04. The summed E-state index contributed by atoms with van der Waals surface area (Å²) in [4.78, 5) is 4.33. The molecule has 0 N–H and O–H groups in total. The number of alkyl halides is 3. The van der Waals surface area contributed by atoms with Gasteiger partial charge in [0, 0.05) is 30.8 Å². The van der Waals surface area contributed by atoms with Crippen molar-refractivity contribution >= 4 is 15.7 Å². The Morgan fingerprint density at radius 2 is 1.93 bits per heavy atom. The largest absolute Gasteiger partial charge is 0.433 e. The van der Waals surface area contributed by atoms with Gasteiger partial charge in [0.15, 0.2) is 5.65 Å². The molecular weight excluding hydrogens is 393 g/mol. The van der Waals surface area contributed by atoms with Crippen LogP contribution in [0.5, 0.6) is 0 Å². The van der Waals surface area contributed by atoms with E-state index in [1.165, 1.54) is 10.4 Å². The maximum Gasteiger partial charge on any atom is 0.433 e. The van der Waals surface area contributed by atoms with Crippen molar-refractivity contribution in [3.8, 4) is 0 Å². The minimum atomic E-state index is -4.55. The zero-order valence-corrected chi connectivity index (χ0v) is 16.6. The van der Waals surface area contributed by atoms with Crippen molar-refractivity contribution in [2.75, 3.05) is 18.8 Å². The summed E-state index contributed by atoms with van der Waals surface area (Å²) in [6.45, 7) is 7.65. The van der Waals surface area contributed by atoms with Gasteiger partial charge in [-0.2, -0.15) is 18.3 Å². The molecule has 0 saturated carbocycles. The van der Waals surface area contributed by atoms with Crippen LogP contribution < -0.4 is 0 Å². The highest BCUT2D eigenvalue weighted by Gasteiger charge is 2.36. The highest BCUT2D eigenvalue weighted by Crippen LogP contribution is 2.34. The van der Waals surface area contributed by atoms with Crippen LogP contribution in [-0.2, 0) is 16.2 Å². The lowest BCUT2D eigenvalue weighted by molar-refractivity contribution is -0.142. The van der Waals surface area contributed by atoms with Crippen molar-refractivity contribution < 1.29 is 21.6 Å². The summed E-state index contributed by atoms with van der Waals surface area (Å²) in [6, 6.07) is 2.62. The Kier molecular flexibility index (Phi) is 5.55. The van der Waals surface area contributed by atoms with Gasteiger partial charge in [-0.05, 0) is 24.8 Å². The number of aromatic nitrogens is 3. The molecule has 0 radical (unpaired) electrons. The lowest BCUT2D eigenvalue weighted by Crippen LogP contribution is -2.38. The van der Waals surface area contributed by atoms with Crippen LogP contribution in [0.2, 0.25) is 0 Å². The topological polar surface area (TPSA) is 67.6 Å². The van der Waals surface area contributed by atoms with Gasteiger partial charge in [-0.1, -0.05) is 19.9 Å². The van der Waals surface area contributed by atoms with Crippen LogP contribution in [0.4, 0.5) is 13.2 Å². The standard InChI is InChI=1S/C18H23F3N4O2S/c1-4-9-28(26,27)24-7-5-13(6-8-24)15-11-17-22-14(12(2)3)10-16(18(19,20)21)25(17)23-15/h4,10-13H,1,5-9H2,2-3H3. The van der Waals surface area contributed by atoms with Crippen molar-refractivity contribution in [2.24, 2.45) is 0 Å². The fourth-order valence-electron chi connectivity index (χ4n) is 3.39. The summed E-state index contributed by atoms with van der Waals surface area (Å²) in [7, 11) is -3.38. The van der Waals surface area contributed by atoms with E-state index >= 15 is 0 Å². The number of hydrogen-bond acceptors (Lipinski definition) is 4. The van der Waals surface area contributed by atoms with Gasteiger partial charge in [-0.25, -0.2) is 22.2 Å². The second-order valence-electron chi connectivity index (χ2n) is 7.30. The third-order valence-electron chi connectivity index (χ3n) is 4.94. The van der Waals surface area contributed by atoms with Crippen molar-refractivity contribution in [1.82, 2.24) is 18.9 Å². The lowest BCUT2D eigenvalue weighted by Gasteiger charge is -2.30. The molecule has 1 fully saturated rings. The van der Waals surface area contributed by atoms with Gasteiger partial charge in [0.1, 0.15) is 5.69 Å². The maximum atomic E-state index is 13.5. The molecule has 1 aliphatic rings. The van der Waals surface area contributed by atoms with E-state index in [4.69, 9.17) is 0 Å². The first kappa shape index (κ1) is 20.8. The molecule has 0 spiro atoms. The highest BCUT2D eigenvalue weighted by atomic mass is 32.2. The average molecular weight is 416 g/mol. The summed E-state index contributed by atoms with van der Waals surface area (Å²) in [5, 5.41) is 4.18. The van der Waals surface area contributed by atoms with E-state index in [1.54, 1.807) is 19.9 Å². The first-order valence-electron chi connectivity index (χ1n) is 9.09. The van der Waals surface area contributed by atoms with Gasteiger partial charge in [-0.15, -0.1) is 6.58 Å². The molecule has 3 rings (SSSR count). The van der Waals surface area contributed by atoms with Gasteiger partial charge in [0.25, 0.3) is 0 Å². The maximum absolute atomic E-state index is 13.5. The van der Waals surface area contributed by atoms with Gasteiger partial charge in [0.05, 0.1) is 11.4 Å². The SMILES string of the molecule is C=CCS(=O)(=O)N1CCC(c2cc3nc(C(C)C)cc(C(F)(F)F)n3n2)CC1. The van der Waals surface area contributed by atoms with E-state index in [1.807, 2.05) is 0 Å². The van der Waals surface area contributed by atoms with E-state index in [0.717, 1.165) is 10.6 Å². The molecule has 2 aromatic rings. The summed E-state index contributed by atoms with van der Waals surface area (Å²) in [5.74, 6) is -0.383. The Morgan fingerprint density at radius 3 is 2.46 bits per heavy atom. The zero-order chi connectivity index (χ0) is 20.7. The Labute approximate surface area is 162 Å². The molecule has 0 aliphatic carbocycles. The van der Waals surface area contributed by atoms with Crippen LogP contribution in [0.25, 0.3) is 5.65 Å². The molecule has 154 valence electrons. The molecule has 1 saturated heterocycles. The third kappa shape index (κ3) is 4.07. The molecule has 28 heavy (non-hydrogen) atoms. The van der Waals surface area contributed by atoms with E-state index in [9.17, 15) is 21.6 Å². The second-order valence-corrected chi connectivity index (χ2v) is 9.31. The minimum Gasteiger partial charge on any atom is -0.233 e. The fourth-order valence-corrected chi connectivity index (χ4v) is 4.67. The molecule has 1 aliphatic heterocycles. The molecular formula is C18H23F3N4O2S. The van der Waals surface area contributed by atoms with Crippen LogP contribution in [0.3, 0.4) is 0 Å². The molecule has 10 heteroatoms. The van der Waals surface area contributed by atoms with Crippen LogP contribution in [0.15, 0.2) is 24.8 Å². The molecule has 0 amide bonds. The van der Waals surface area contributed by atoms with E-state index < -0.39 is 21.9 Å². The van der Waals surface area contributed by atoms with Crippen LogP contribution >= 0.6 is 0 Å². The lowest BCUT2D eigenvalue weighted by atomic mass is 9.95. The summed E-state index contributed by atoms with van der Waals surface area (Å²) >= 11 is 0. The van der Waals surface area contributed by atoms with Crippen molar-refractivity contribution in [1.29, 1.82) is 0 Å². The van der Waals surface area contributed by atoms with Gasteiger partial charge < -0.3 is 0 Å². The predicted molar refractivity (Wildman–Crippen MR) is 99.6 cm³/mol. The number of piperidine rings is 1. The quantitative estimate of drug-likeness (QED) is 0.699. The number of nitrogens with zero attached hydrogens (tertiary/aromatic N) is 4. The first-order chi connectivity index (χ1) is 13.0. The molecule has 0 bridgehead atoms. The van der Waals surface area contributed by atoms with Gasteiger partial charge in [-0.3, -0.25) is 0 Å². The Balaban J connectivity index is 1.90. The minimum absolute atomic E-state index is 0.111. The molecule has 2 aromatic heterocycles. The van der Waals surface area contributed by atoms with Crippen LogP contribution in [0, 0.1) is 0 Å². The number of hydrogen-bond donors (Lipinski definition) is 0. The third-order valence-corrected chi connectivity index (χ3v) is 6.75. The van der Waals surface area contributed by atoms with E-state index in [0.29, 0.717) is 37.3 Å². The Morgan fingerprint density at radius 1 is 1.29 bits per heavy atom. The van der Waals surface area contributed by atoms with E-state index in [-0.39, 0.29) is 23.2 Å². The van der Waals surface area contributed by atoms with E-state index in [2.05, 4.69) is 16.7 Å². The van der Waals surface area contributed by atoms with Crippen molar-refractivity contribution in [2.45, 2.75) is 44.7 Å². The summed E-state index contributed by atoms with van der Waals surface area (Å²) in [5.41, 5.74) is 0.185.